The number of nitrogens with zero attached hydrogens (tertiary/aromatic N) is 2. The number of benzene rings is 1. The van der Waals surface area contributed by atoms with Crippen molar-refractivity contribution in [3.8, 4) is 5.69 Å². The predicted octanol–water partition coefficient (Wildman–Crippen LogP) is 2.45. The average Bonchev–Trinajstić information content (AvgIpc) is 3.11. The topological polar surface area (TPSA) is 65.6 Å². The third-order valence-electron chi connectivity index (χ3n) is 5.42. The van der Waals surface area contributed by atoms with Crippen LogP contribution < -0.4 is 10.5 Å². The summed E-state index contributed by atoms with van der Waals surface area (Å²) < 4.78 is 6.69. The van der Waals surface area contributed by atoms with Gasteiger partial charge >= 0.3 is 5.97 Å². The van der Waals surface area contributed by atoms with Gasteiger partial charge in [0.25, 0.3) is 5.56 Å². The molecule has 0 fully saturated rings. The van der Waals surface area contributed by atoms with Crippen LogP contribution in [0.25, 0.3) is 15.9 Å². The highest BCUT2D eigenvalue weighted by molar-refractivity contribution is 7.99. The van der Waals surface area contributed by atoms with Gasteiger partial charge in [0.15, 0.2) is 5.16 Å². The maximum absolute atomic E-state index is 13.7. The number of thioether (sulfide) groups is 1. The van der Waals surface area contributed by atoms with Crippen molar-refractivity contribution < 1.29 is 14.4 Å². The lowest BCUT2D eigenvalue weighted by atomic mass is 10.0. The second-order valence-electron chi connectivity index (χ2n) is 7.64. The Hall–Kier alpha value is -2.16. The highest BCUT2D eigenvalue weighted by atomic mass is 32.2. The van der Waals surface area contributed by atoms with E-state index in [1.807, 2.05) is 30.3 Å². The van der Waals surface area contributed by atoms with Crippen molar-refractivity contribution in [3.05, 3.63) is 51.1 Å². The maximum atomic E-state index is 13.7. The normalized spacial score (nSPS) is 16.1. The van der Waals surface area contributed by atoms with Crippen LogP contribution in [0.15, 0.2) is 40.3 Å². The molecule has 1 aliphatic rings. The number of esters is 1. The van der Waals surface area contributed by atoms with Crippen molar-refractivity contribution in [2.24, 2.45) is 0 Å². The molecule has 3 heterocycles. The molecule has 4 rings (SSSR count). The van der Waals surface area contributed by atoms with E-state index < -0.39 is 0 Å². The molecule has 0 spiro atoms. The molecule has 0 saturated heterocycles. The standard InChI is InChI=1S/C22H25N3O3S2/c1-4-28-18(26)13-29-22-23-20-19(21(27)25(22)15-8-6-5-7-9-15)16-10-11-24(14(2)3)12-17(16)30-20/h5-9,14H,4,10-13H2,1-3H3/p+1. The van der Waals surface area contributed by atoms with Gasteiger partial charge in [0.2, 0.25) is 0 Å². The molecule has 30 heavy (non-hydrogen) atoms. The average molecular weight is 445 g/mol. The number of thiophene rings is 1. The second kappa shape index (κ2) is 8.91. The number of para-hydroxylation sites is 1. The molecule has 1 unspecified atom stereocenters. The molecule has 1 aliphatic heterocycles. The summed E-state index contributed by atoms with van der Waals surface area (Å²) in [7, 11) is 0. The number of nitrogens with one attached hydrogen (secondary N) is 1. The molecule has 3 aromatic rings. The van der Waals surface area contributed by atoms with E-state index in [0.29, 0.717) is 17.8 Å². The fourth-order valence-corrected chi connectivity index (χ4v) is 5.96. The summed E-state index contributed by atoms with van der Waals surface area (Å²) in [6, 6.07) is 10.1. The summed E-state index contributed by atoms with van der Waals surface area (Å²) in [6.07, 6.45) is 0.893. The lowest BCUT2D eigenvalue weighted by Gasteiger charge is -2.27. The van der Waals surface area contributed by atoms with E-state index in [9.17, 15) is 9.59 Å². The van der Waals surface area contributed by atoms with Crippen molar-refractivity contribution in [2.45, 2.75) is 44.9 Å². The monoisotopic (exact) mass is 444 g/mol. The third-order valence-corrected chi connectivity index (χ3v) is 7.45. The minimum Gasteiger partial charge on any atom is -0.465 e. The van der Waals surface area contributed by atoms with E-state index in [0.717, 1.165) is 41.0 Å². The fourth-order valence-electron chi connectivity index (χ4n) is 3.84. The Morgan fingerprint density at radius 2 is 2.10 bits per heavy atom. The Morgan fingerprint density at radius 1 is 1.33 bits per heavy atom. The molecule has 0 amide bonds. The summed E-state index contributed by atoms with van der Waals surface area (Å²) >= 11 is 2.87. The third kappa shape index (κ3) is 4.04. The van der Waals surface area contributed by atoms with Gasteiger partial charge < -0.3 is 9.64 Å². The fraction of sp³-hybridized carbons (Fsp3) is 0.409. The smallest absolute Gasteiger partial charge is 0.316 e. The van der Waals surface area contributed by atoms with Crippen LogP contribution in [-0.2, 0) is 22.5 Å². The zero-order chi connectivity index (χ0) is 21.3. The van der Waals surface area contributed by atoms with Crippen molar-refractivity contribution in [1.29, 1.82) is 0 Å². The molecule has 1 aromatic carbocycles. The van der Waals surface area contributed by atoms with Crippen molar-refractivity contribution in [1.82, 2.24) is 9.55 Å². The van der Waals surface area contributed by atoms with E-state index in [2.05, 4.69) is 13.8 Å². The number of carbonyl (C=O) groups excluding carboxylic acids is 1. The molecule has 8 heteroatoms. The van der Waals surface area contributed by atoms with Gasteiger partial charge in [-0.05, 0) is 38.5 Å². The second-order valence-corrected chi connectivity index (χ2v) is 9.66. The zero-order valence-corrected chi connectivity index (χ0v) is 19.1. The number of hydrogen-bond donors (Lipinski definition) is 1. The predicted molar refractivity (Wildman–Crippen MR) is 121 cm³/mol. The van der Waals surface area contributed by atoms with E-state index >= 15 is 0 Å². The molecule has 0 radical (unpaired) electrons. The minimum absolute atomic E-state index is 0.0527. The Balaban J connectivity index is 1.83. The van der Waals surface area contributed by atoms with Crippen LogP contribution in [0.5, 0.6) is 0 Å². The van der Waals surface area contributed by atoms with Crippen LogP contribution in [0.3, 0.4) is 0 Å². The maximum Gasteiger partial charge on any atom is 0.316 e. The van der Waals surface area contributed by atoms with Crippen LogP contribution >= 0.6 is 23.1 Å². The number of rotatable bonds is 6. The van der Waals surface area contributed by atoms with Gasteiger partial charge in [-0.15, -0.1) is 11.3 Å². The van der Waals surface area contributed by atoms with Gasteiger partial charge in [-0.25, -0.2) is 4.98 Å². The van der Waals surface area contributed by atoms with Gasteiger partial charge in [0.05, 0.1) is 40.9 Å². The number of hydrogen-bond acceptors (Lipinski definition) is 6. The summed E-state index contributed by atoms with van der Waals surface area (Å²) in [5, 5.41) is 1.26. The van der Waals surface area contributed by atoms with Gasteiger partial charge in [-0.2, -0.15) is 0 Å². The first kappa shape index (κ1) is 21.1. The van der Waals surface area contributed by atoms with Crippen LogP contribution in [0.2, 0.25) is 0 Å². The van der Waals surface area contributed by atoms with Gasteiger partial charge in [0, 0.05) is 6.42 Å². The number of ether oxygens (including phenoxy) is 1. The largest absolute Gasteiger partial charge is 0.465 e. The molecule has 0 saturated carbocycles. The van der Waals surface area contributed by atoms with Gasteiger partial charge in [-0.1, -0.05) is 30.0 Å². The molecule has 1 N–H and O–H groups in total. The molecular formula is C22H26N3O3S2+. The first-order chi connectivity index (χ1) is 14.5. The SMILES string of the molecule is CCOC(=O)CSc1nc2sc3c(c2c(=O)n1-c1ccccc1)CC[NH+](C(C)C)C3. The van der Waals surface area contributed by atoms with Gasteiger partial charge in [0.1, 0.15) is 11.4 Å². The number of aromatic nitrogens is 2. The number of fused-ring (bicyclic) bond motifs is 3. The molecule has 6 nitrogen and oxygen atoms in total. The first-order valence-corrected chi connectivity index (χ1v) is 12.1. The molecule has 0 bridgehead atoms. The lowest BCUT2D eigenvalue weighted by molar-refractivity contribution is -0.936. The summed E-state index contributed by atoms with van der Waals surface area (Å²) in [6.45, 7) is 8.55. The lowest BCUT2D eigenvalue weighted by Crippen LogP contribution is -3.14. The van der Waals surface area contributed by atoms with Crippen LogP contribution in [0.4, 0.5) is 0 Å². The molecule has 1 atom stereocenters. The quantitative estimate of drug-likeness (QED) is 0.359. The van der Waals surface area contributed by atoms with E-state index in [1.54, 1.807) is 22.8 Å². The Labute approximate surface area is 183 Å². The van der Waals surface area contributed by atoms with Crippen LogP contribution in [0, 0.1) is 0 Å². The van der Waals surface area contributed by atoms with Crippen LogP contribution in [-0.4, -0.2) is 40.5 Å². The summed E-state index contributed by atoms with van der Waals surface area (Å²) in [5.74, 6) is -0.187. The number of quaternary nitrogens is 1. The van der Waals surface area contributed by atoms with E-state index in [-0.39, 0.29) is 17.3 Å². The van der Waals surface area contributed by atoms with E-state index in [1.165, 1.54) is 21.5 Å². The number of carbonyl (C=O) groups is 1. The molecular weight excluding hydrogens is 418 g/mol. The Morgan fingerprint density at radius 3 is 2.80 bits per heavy atom. The van der Waals surface area contributed by atoms with Crippen molar-refractivity contribution in [2.75, 3.05) is 18.9 Å². The highest BCUT2D eigenvalue weighted by Gasteiger charge is 2.28. The molecule has 158 valence electrons. The van der Waals surface area contributed by atoms with Crippen LogP contribution in [0.1, 0.15) is 31.2 Å². The van der Waals surface area contributed by atoms with E-state index in [4.69, 9.17) is 9.72 Å². The molecule has 0 aliphatic carbocycles. The summed E-state index contributed by atoms with van der Waals surface area (Å²) in [4.78, 5) is 34.0. The zero-order valence-electron chi connectivity index (χ0n) is 17.4. The molecule has 2 aromatic heterocycles. The Bertz CT molecular complexity index is 1120. The first-order valence-electron chi connectivity index (χ1n) is 10.2. The highest BCUT2D eigenvalue weighted by Crippen LogP contribution is 2.31. The minimum atomic E-state index is -0.307. The van der Waals surface area contributed by atoms with Crippen molar-refractivity contribution in [3.63, 3.8) is 0 Å². The van der Waals surface area contributed by atoms with Gasteiger partial charge in [-0.3, -0.25) is 14.2 Å². The van der Waals surface area contributed by atoms with Crippen molar-refractivity contribution >= 4 is 39.3 Å². The summed E-state index contributed by atoms with van der Waals surface area (Å²) in [5.41, 5.74) is 1.86. The Kier molecular flexibility index (Phi) is 6.26.